The zero-order valence-electron chi connectivity index (χ0n) is 16.4. The summed E-state index contributed by atoms with van der Waals surface area (Å²) in [7, 11) is 0. The molecule has 0 saturated carbocycles. The number of carbonyl (C=O) groups is 2. The molecule has 0 bridgehead atoms. The molecule has 0 spiro atoms. The summed E-state index contributed by atoms with van der Waals surface area (Å²) in [5, 5.41) is 0. The minimum absolute atomic E-state index is 0.141. The summed E-state index contributed by atoms with van der Waals surface area (Å²) < 4.78 is 0. The Labute approximate surface area is 166 Å². The van der Waals surface area contributed by atoms with Gasteiger partial charge in [0.25, 0.3) is 11.8 Å². The van der Waals surface area contributed by atoms with Crippen molar-refractivity contribution in [1.82, 2.24) is 9.80 Å². The second kappa shape index (κ2) is 8.15. The average molecular weight is 377 g/mol. The Morgan fingerprint density at radius 3 is 2.29 bits per heavy atom. The minimum atomic E-state index is -0.146. The third-order valence-electron chi connectivity index (χ3n) is 5.68. The summed E-state index contributed by atoms with van der Waals surface area (Å²) in [6.45, 7) is 7.37. The fourth-order valence-electron chi connectivity index (χ4n) is 4.00. The van der Waals surface area contributed by atoms with Gasteiger partial charge in [-0.25, -0.2) is 0 Å². The van der Waals surface area contributed by atoms with Gasteiger partial charge in [-0.15, -0.1) is 0 Å². The number of amides is 2. The van der Waals surface area contributed by atoms with Crippen LogP contribution in [0.15, 0.2) is 48.5 Å². The van der Waals surface area contributed by atoms with Crippen molar-refractivity contribution < 1.29 is 9.59 Å². The van der Waals surface area contributed by atoms with Crippen molar-refractivity contribution in [3.05, 3.63) is 65.2 Å². The molecule has 0 aliphatic carbocycles. The Morgan fingerprint density at radius 2 is 1.57 bits per heavy atom. The van der Waals surface area contributed by atoms with Crippen LogP contribution in [0.1, 0.15) is 46.0 Å². The van der Waals surface area contributed by atoms with Gasteiger partial charge < -0.3 is 4.90 Å². The second-order valence-electron chi connectivity index (χ2n) is 7.59. The van der Waals surface area contributed by atoms with E-state index in [0.29, 0.717) is 17.7 Å². The Hall–Kier alpha value is -2.66. The zero-order chi connectivity index (χ0) is 19.5. The number of carbonyl (C=O) groups excluding carboxylic acids is 2. The lowest BCUT2D eigenvalue weighted by atomic mass is 10.1. The molecule has 2 aromatic rings. The molecule has 5 heteroatoms. The third-order valence-corrected chi connectivity index (χ3v) is 5.68. The number of rotatable bonds is 6. The van der Waals surface area contributed by atoms with Crippen LogP contribution in [0.2, 0.25) is 0 Å². The number of unbranched alkanes of at least 4 members (excludes halogenated alkanes) is 1. The van der Waals surface area contributed by atoms with E-state index in [1.54, 1.807) is 0 Å². The first-order chi connectivity index (χ1) is 13.7. The van der Waals surface area contributed by atoms with Gasteiger partial charge in [0.15, 0.2) is 0 Å². The first kappa shape index (κ1) is 18.7. The average Bonchev–Trinajstić information content (AvgIpc) is 2.97. The summed E-state index contributed by atoms with van der Waals surface area (Å²) in [6.07, 6.45) is 1.81. The summed E-state index contributed by atoms with van der Waals surface area (Å²) in [5.74, 6) is -0.286. The van der Waals surface area contributed by atoms with Crippen LogP contribution in [-0.2, 0) is 6.54 Å². The van der Waals surface area contributed by atoms with Crippen LogP contribution < -0.4 is 4.90 Å². The molecule has 2 aliphatic rings. The number of fused-ring (bicyclic) bond motifs is 1. The summed E-state index contributed by atoms with van der Waals surface area (Å²) in [4.78, 5) is 31.4. The van der Waals surface area contributed by atoms with E-state index in [1.165, 1.54) is 10.5 Å². The molecule has 0 radical (unpaired) electrons. The Morgan fingerprint density at radius 1 is 0.857 bits per heavy atom. The molecule has 2 aliphatic heterocycles. The highest BCUT2D eigenvalue weighted by molar-refractivity contribution is 6.21. The van der Waals surface area contributed by atoms with Crippen molar-refractivity contribution in [2.45, 2.75) is 26.3 Å². The summed E-state index contributed by atoms with van der Waals surface area (Å²) in [5.41, 5.74) is 3.49. The number of piperazine rings is 1. The van der Waals surface area contributed by atoms with E-state index in [-0.39, 0.29) is 11.8 Å². The van der Waals surface area contributed by atoms with Gasteiger partial charge in [-0.3, -0.25) is 19.4 Å². The second-order valence-corrected chi connectivity index (χ2v) is 7.59. The van der Waals surface area contributed by atoms with E-state index < -0.39 is 0 Å². The molecule has 2 heterocycles. The number of imide groups is 1. The van der Waals surface area contributed by atoms with Gasteiger partial charge in [-0.05, 0) is 30.2 Å². The molecule has 5 nitrogen and oxygen atoms in total. The fourth-order valence-corrected chi connectivity index (χ4v) is 4.00. The number of benzene rings is 2. The quantitative estimate of drug-likeness (QED) is 0.724. The highest BCUT2D eigenvalue weighted by atomic mass is 16.2. The number of hydrogen-bond acceptors (Lipinski definition) is 4. The molecular formula is C23H27N3O2. The van der Waals surface area contributed by atoms with Crippen LogP contribution in [0.25, 0.3) is 0 Å². The minimum Gasteiger partial charge on any atom is -0.369 e. The normalized spacial score (nSPS) is 17.3. The maximum Gasteiger partial charge on any atom is 0.261 e. The molecule has 146 valence electrons. The van der Waals surface area contributed by atoms with Crippen LogP contribution in [0.4, 0.5) is 5.69 Å². The Balaban J connectivity index is 1.41. The molecule has 1 fully saturated rings. The van der Waals surface area contributed by atoms with Crippen molar-refractivity contribution in [3.63, 3.8) is 0 Å². The van der Waals surface area contributed by atoms with Crippen LogP contribution in [0.5, 0.6) is 0 Å². The van der Waals surface area contributed by atoms with Crippen LogP contribution in [-0.4, -0.2) is 54.3 Å². The van der Waals surface area contributed by atoms with Gasteiger partial charge in [0.2, 0.25) is 0 Å². The predicted octanol–water partition coefficient (Wildman–Crippen LogP) is 3.40. The van der Waals surface area contributed by atoms with E-state index in [9.17, 15) is 9.59 Å². The van der Waals surface area contributed by atoms with Crippen molar-refractivity contribution in [2.24, 2.45) is 0 Å². The van der Waals surface area contributed by atoms with Crippen molar-refractivity contribution in [2.75, 3.05) is 37.6 Å². The zero-order valence-corrected chi connectivity index (χ0v) is 16.4. The molecular weight excluding hydrogens is 350 g/mol. The van der Waals surface area contributed by atoms with E-state index in [2.05, 4.69) is 41.0 Å². The fraction of sp³-hybridized carbons (Fsp3) is 0.391. The van der Waals surface area contributed by atoms with Crippen LogP contribution in [0.3, 0.4) is 0 Å². The van der Waals surface area contributed by atoms with Crippen molar-refractivity contribution >= 4 is 17.5 Å². The first-order valence-electron chi connectivity index (χ1n) is 10.2. The topological polar surface area (TPSA) is 43.9 Å². The van der Waals surface area contributed by atoms with Gasteiger partial charge in [0.1, 0.15) is 0 Å². The van der Waals surface area contributed by atoms with Gasteiger partial charge in [-0.2, -0.15) is 0 Å². The van der Waals surface area contributed by atoms with Gasteiger partial charge in [0.05, 0.1) is 11.1 Å². The van der Waals surface area contributed by atoms with Crippen molar-refractivity contribution in [3.8, 4) is 0 Å². The largest absolute Gasteiger partial charge is 0.369 e. The SMILES string of the molecule is CCCCN1C(=O)c2ccc(N3CCN(Cc4ccccc4)CC3)cc2C1=O. The van der Waals surface area contributed by atoms with Crippen LogP contribution in [0, 0.1) is 0 Å². The van der Waals surface area contributed by atoms with Crippen molar-refractivity contribution in [1.29, 1.82) is 0 Å². The van der Waals surface area contributed by atoms with E-state index in [0.717, 1.165) is 51.3 Å². The van der Waals surface area contributed by atoms with Gasteiger partial charge in [-0.1, -0.05) is 43.7 Å². The maximum absolute atomic E-state index is 12.7. The van der Waals surface area contributed by atoms with E-state index in [4.69, 9.17) is 0 Å². The van der Waals surface area contributed by atoms with Gasteiger partial charge >= 0.3 is 0 Å². The standard InChI is InChI=1S/C23H27N3O2/c1-2-3-11-26-22(27)20-10-9-19(16-21(20)23(26)28)25-14-12-24(13-15-25)17-18-7-5-4-6-8-18/h4-10,16H,2-3,11-15,17H2,1H3. The first-order valence-corrected chi connectivity index (χ1v) is 10.2. The molecule has 1 saturated heterocycles. The lowest BCUT2D eigenvalue weighted by Gasteiger charge is -2.36. The molecule has 0 aromatic heterocycles. The molecule has 2 aromatic carbocycles. The molecule has 0 atom stereocenters. The highest BCUT2D eigenvalue weighted by Gasteiger charge is 2.35. The lowest BCUT2D eigenvalue weighted by molar-refractivity contribution is 0.0652. The predicted molar refractivity (Wildman–Crippen MR) is 111 cm³/mol. The van der Waals surface area contributed by atoms with E-state index >= 15 is 0 Å². The number of hydrogen-bond donors (Lipinski definition) is 0. The number of nitrogens with zero attached hydrogens (tertiary/aromatic N) is 3. The molecule has 2 amide bonds. The maximum atomic E-state index is 12.7. The lowest BCUT2D eigenvalue weighted by Crippen LogP contribution is -2.46. The summed E-state index contributed by atoms with van der Waals surface area (Å²) in [6, 6.07) is 16.3. The Bertz CT molecular complexity index is 857. The monoisotopic (exact) mass is 377 g/mol. The number of anilines is 1. The molecule has 4 rings (SSSR count). The van der Waals surface area contributed by atoms with Gasteiger partial charge in [0, 0.05) is 45.0 Å². The summed E-state index contributed by atoms with van der Waals surface area (Å²) >= 11 is 0. The van der Waals surface area contributed by atoms with Crippen LogP contribution >= 0.6 is 0 Å². The Kier molecular flexibility index (Phi) is 5.44. The smallest absolute Gasteiger partial charge is 0.261 e. The molecule has 28 heavy (non-hydrogen) atoms. The highest BCUT2D eigenvalue weighted by Crippen LogP contribution is 2.28. The van der Waals surface area contributed by atoms with E-state index in [1.807, 2.05) is 24.3 Å². The third kappa shape index (κ3) is 3.67. The molecule has 0 unspecified atom stereocenters. The molecule has 0 N–H and O–H groups in total.